The van der Waals surface area contributed by atoms with Crippen molar-refractivity contribution in [3.8, 4) is 11.3 Å². The van der Waals surface area contributed by atoms with Gasteiger partial charge in [0.15, 0.2) is 0 Å². The maximum absolute atomic E-state index is 14.8. The maximum Gasteiger partial charge on any atom is 0.324 e. The Hall–Kier alpha value is -4.74. The number of nitrogens with one attached hydrogen (secondary N) is 2. The maximum atomic E-state index is 14.8. The van der Waals surface area contributed by atoms with E-state index in [0.29, 0.717) is 56.1 Å². The SMILES string of the molecule is C=C/C(=C(\N=C/C)[C@H](C)OC)c1c2c3cc(ccc3n1CC)-c1csc(n1)[C@@H](OCC)[C@H](NC(=O)[C@@H]1[C@@H](C)[C@H]1C(=O)N1CC[C@@H](OC)C1)C(=O)N1CCC[C@H](N1)C(=O)OCC(C)(C)C2. The molecule has 1 aliphatic carbocycles. The van der Waals surface area contributed by atoms with Gasteiger partial charge in [-0.15, -0.1) is 11.3 Å². The molecule has 2 N–H and O–H groups in total. The lowest BCUT2D eigenvalue weighted by molar-refractivity contribution is -0.156. The van der Waals surface area contributed by atoms with E-state index in [2.05, 4.69) is 54.8 Å². The first-order chi connectivity index (χ1) is 30.7. The molecule has 15 nitrogen and oxygen atoms in total. The third kappa shape index (κ3) is 9.35. The van der Waals surface area contributed by atoms with Crippen LogP contribution in [-0.2, 0) is 51.1 Å². The van der Waals surface area contributed by atoms with Crippen molar-refractivity contribution in [3.05, 3.63) is 58.2 Å². The fraction of sp³-hybridized carbons (Fsp3) is 0.583. The van der Waals surface area contributed by atoms with Gasteiger partial charge in [-0.2, -0.15) is 0 Å². The number of nitrogens with zero attached hydrogens (tertiary/aromatic N) is 5. The number of hydrazine groups is 1. The molecule has 1 aromatic carbocycles. The molecule has 0 spiro atoms. The summed E-state index contributed by atoms with van der Waals surface area (Å²) in [4.78, 5) is 68.4. The Labute approximate surface area is 380 Å². The number of rotatable bonds is 12. The molecule has 0 radical (unpaired) electrons. The fourth-order valence-electron chi connectivity index (χ4n) is 9.68. The standard InChI is InChI=1S/C48H65N7O8S/c1-11-31(39(49-12-2)28(6)60-9)41-33-23-48(7,8)26-63-47(59)34-16-15-20-55(52-34)46(58)40(51-43(56)37-27(5)38(37)45(57)53-21-19-30(24-53)61-10)42(62-14-4)44-50-35(25-64-44)29-17-18-36(32(33)22-29)54(41)13-3/h11-12,17-18,22,25,27-28,30,34,37-38,40,42,52H,1,13-16,19-21,23-24,26H2,2-10H3,(H,51,56)/b39-31+,49-12-/t27-,28+,30-,34+,37-,38-,40+,42+/m1/s1. The van der Waals surface area contributed by atoms with E-state index in [0.717, 1.165) is 45.4 Å². The van der Waals surface area contributed by atoms with Gasteiger partial charge in [0.1, 0.15) is 23.2 Å². The molecular formula is C48H65N7O8S. The number of cyclic esters (lactones) is 1. The van der Waals surface area contributed by atoms with Crippen LogP contribution in [0.2, 0.25) is 0 Å². The van der Waals surface area contributed by atoms with Gasteiger partial charge < -0.3 is 33.7 Å². The molecule has 8 atom stereocenters. The van der Waals surface area contributed by atoms with E-state index in [1.54, 1.807) is 25.3 Å². The van der Waals surface area contributed by atoms with E-state index in [4.69, 9.17) is 28.9 Å². The van der Waals surface area contributed by atoms with Gasteiger partial charge in [-0.05, 0) is 77.0 Å². The Morgan fingerprint density at radius 3 is 2.62 bits per heavy atom. The number of benzene rings is 1. The minimum Gasteiger partial charge on any atom is -0.464 e. The second-order valence-electron chi connectivity index (χ2n) is 18.1. The summed E-state index contributed by atoms with van der Waals surface area (Å²) in [7, 11) is 3.31. The monoisotopic (exact) mass is 899 g/mol. The number of aryl methyl sites for hydroxylation is 1. The van der Waals surface area contributed by atoms with Gasteiger partial charge in [-0.25, -0.2) is 10.4 Å². The second-order valence-corrected chi connectivity index (χ2v) is 19.0. The number of fused-ring (bicyclic) bond motifs is 6. The van der Waals surface area contributed by atoms with E-state index < -0.39 is 53.2 Å². The van der Waals surface area contributed by atoms with Gasteiger partial charge in [-0.1, -0.05) is 39.5 Å². The van der Waals surface area contributed by atoms with Crippen molar-refractivity contribution in [2.45, 2.75) is 111 Å². The predicted molar refractivity (Wildman–Crippen MR) is 247 cm³/mol. The molecule has 2 aromatic heterocycles. The summed E-state index contributed by atoms with van der Waals surface area (Å²) in [5, 5.41) is 7.91. The lowest BCUT2D eigenvalue weighted by Crippen LogP contribution is -2.61. The summed E-state index contributed by atoms with van der Waals surface area (Å²) in [5.74, 6) is -2.76. The number of carbonyl (C=O) groups excluding carboxylic acids is 4. The highest BCUT2D eigenvalue weighted by Crippen LogP contribution is 2.48. The average Bonchev–Trinajstić information content (AvgIpc) is 3.68. The summed E-state index contributed by atoms with van der Waals surface area (Å²) < 4.78 is 26.1. The van der Waals surface area contributed by atoms with Crippen LogP contribution in [0.4, 0.5) is 0 Å². The lowest BCUT2D eigenvalue weighted by atomic mass is 9.84. The normalized spacial score (nSPS) is 27.0. The van der Waals surface area contributed by atoms with Crippen LogP contribution < -0.4 is 10.7 Å². The van der Waals surface area contributed by atoms with Crippen molar-refractivity contribution < 1.29 is 38.1 Å². The second kappa shape index (κ2) is 19.8. The first-order valence-corrected chi connectivity index (χ1v) is 23.6. The number of likely N-dealkylation sites (tertiary alicyclic amines) is 1. The van der Waals surface area contributed by atoms with E-state index in [1.165, 1.54) is 16.3 Å². The van der Waals surface area contributed by atoms with Gasteiger partial charge in [-0.3, -0.25) is 29.2 Å². The largest absolute Gasteiger partial charge is 0.464 e. The zero-order valence-corrected chi connectivity index (χ0v) is 39.6. The summed E-state index contributed by atoms with van der Waals surface area (Å²) in [5.41, 5.74) is 8.79. The molecule has 1 saturated carbocycles. The molecular weight excluding hydrogens is 835 g/mol. The van der Waals surface area contributed by atoms with Crippen molar-refractivity contribution in [3.63, 3.8) is 0 Å². The number of aromatic nitrogens is 2. The number of esters is 1. The van der Waals surface area contributed by atoms with Crippen molar-refractivity contribution >= 4 is 57.7 Å². The van der Waals surface area contributed by atoms with Crippen LogP contribution in [0, 0.1) is 23.2 Å². The Morgan fingerprint density at radius 1 is 1.17 bits per heavy atom. The predicted octanol–water partition coefficient (Wildman–Crippen LogP) is 6.12. The molecule has 0 unspecified atom stereocenters. The number of methoxy groups -OCH3 is 2. The number of hydrogen-bond donors (Lipinski definition) is 2. The number of thiazole rings is 1. The van der Waals surface area contributed by atoms with Gasteiger partial charge >= 0.3 is 5.97 Å². The van der Waals surface area contributed by atoms with E-state index in [-0.39, 0.29) is 37.2 Å². The molecule has 3 fully saturated rings. The van der Waals surface area contributed by atoms with Crippen LogP contribution in [-0.4, -0.2) is 121 Å². The molecule has 2 saturated heterocycles. The number of allylic oxidation sites excluding steroid dienone is 2. The molecule has 7 rings (SSSR count). The fourth-order valence-corrected chi connectivity index (χ4v) is 10.6. The smallest absolute Gasteiger partial charge is 0.324 e. The first kappa shape index (κ1) is 47.2. The van der Waals surface area contributed by atoms with Crippen LogP contribution in [0.5, 0.6) is 0 Å². The van der Waals surface area contributed by atoms with Crippen molar-refractivity contribution in [1.29, 1.82) is 0 Å². The topological polar surface area (TPSA) is 166 Å². The Morgan fingerprint density at radius 2 is 1.95 bits per heavy atom. The number of hydrogen-bond acceptors (Lipinski definition) is 12. The molecule has 346 valence electrons. The van der Waals surface area contributed by atoms with Crippen LogP contribution >= 0.6 is 11.3 Å². The third-order valence-corrected chi connectivity index (χ3v) is 14.2. The van der Waals surface area contributed by atoms with Crippen LogP contribution in [0.25, 0.3) is 27.7 Å². The van der Waals surface area contributed by atoms with E-state index >= 15 is 0 Å². The van der Waals surface area contributed by atoms with Crippen LogP contribution in [0.3, 0.4) is 0 Å². The zero-order valence-electron chi connectivity index (χ0n) is 38.8. The average molecular weight is 900 g/mol. The molecule has 3 amide bonds. The lowest BCUT2D eigenvalue weighted by Gasteiger charge is -2.37. The highest BCUT2D eigenvalue weighted by atomic mass is 32.1. The van der Waals surface area contributed by atoms with Crippen molar-refractivity contribution in [2.24, 2.45) is 28.2 Å². The number of amides is 3. The van der Waals surface area contributed by atoms with Gasteiger partial charge in [0.05, 0.1) is 47.7 Å². The van der Waals surface area contributed by atoms with Gasteiger partial charge in [0.2, 0.25) is 11.8 Å². The van der Waals surface area contributed by atoms with Gasteiger partial charge in [0.25, 0.3) is 5.91 Å². The molecule has 6 bridgehead atoms. The first-order valence-electron chi connectivity index (χ1n) is 22.7. The molecule has 5 heterocycles. The summed E-state index contributed by atoms with van der Waals surface area (Å²) in [6.07, 6.45) is 4.55. The zero-order chi connectivity index (χ0) is 46.0. The van der Waals surface area contributed by atoms with Crippen LogP contribution in [0.1, 0.15) is 90.1 Å². The molecule has 3 aromatic rings. The Balaban J connectivity index is 1.33. The summed E-state index contributed by atoms with van der Waals surface area (Å²) >= 11 is 1.35. The number of ether oxygens (including phenoxy) is 4. The quantitative estimate of drug-likeness (QED) is 0.123. The molecule has 16 heteroatoms. The van der Waals surface area contributed by atoms with Gasteiger partial charge in [0, 0.05) is 86.1 Å². The molecule has 3 aliphatic heterocycles. The third-order valence-electron chi connectivity index (χ3n) is 13.3. The van der Waals surface area contributed by atoms with E-state index in [1.807, 2.05) is 45.2 Å². The van der Waals surface area contributed by atoms with Crippen molar-refractivity contribution in [1.82, 2.24) is 30.2 Å². The molecule has 4 aliphatic rings. The Kier molecular flexibility index (Phi) is 14.6. The summed E-state index contributed by atoms with van der Waals surface area (Å²) in [6.45, 7) is 20.5. The number of aliphatic imine (C=N–C) groups is 1. The summed E-state index contributed by atoms with van der Waals surface area (Å²) in [6, 6.07) is 4.27. The highest BCUT2D eigenvalue weighted by Gasteiger charge is 2.58. The van der Waals surface area contributed by atoms with E-state index in [9.17, 15) is 19.2 Å². The molecule has 64 heavy (non-hydrogen) atoms. The van der Waals surface area contributed by atoms with Crippen LogP contribution in [0.15, 0.2) is 46.9 Å². The van der Waals surface area contributed by atoms with Crippen molar-refractivity contribution in [2.75, 3.05) is 47.1 Å². The highest BCUT2D eigenvalue weighted by molar-refractivity contribution is 7.10. The minimum atomic E-state index is -1.23. The Bertz CT molecular complexity index is 2320. The minimum absolute atomic E-state index is 0.0278. The number of carbonyl (C=O) groups is 4.